The molecule has 0 radical (unpaired) electrons. The second kappa shape index (κ2) is 5.82. The molecule has 1 saturated carbocycles. The molecule has 1 aromatic rings. The Bertz CT molecular complexity index is 485. The van der Waals surface area contributed by atoms with Crippen molar-refractivity contribution in [2.45, 2.75) is 37.6 Å². The number of halogens is 1. The van der Waals surface area contributed by atoms with Crippen molar-refractivity contribution in [1.29, 1.82) is 0 Å². The summed E-state index contributed by atoms with van der Waals surface area (Å²) in [4.78, 5) is 22.7. The maximum Gasteiger partial charge on any atom is 0.303 e. The number of rotatable bonds is 6. The van der Waals surface area contributed by atoms with Crippen LogP contribution in [0.2, 0.25) is 0 Å². The Morgan fingerprint density at radius 2 is 2.05 bits per heavy atom. The lowest BCUT2D eigenvalue weighted by Crippen LogP contribution is -2.31. The van der Waals surface area contributed by atoms with Crippen molar-refractivity contribution in [3.63, 3.8) is 0 Å². The molecule has 1 atom stereocenters. The van der Waals surface area contributed by atoms with Gasteiger partial charge in [-0.1, -0.05) is 18.2 Å². The van der Waals surface area contributed by atoms with E-state index in [2.05, 4.69) is 5.32 Å². The van der Waals surface area contributed by atoms with Gasteiger partial charge in [-0.15, -0.1) is 0 Å². The second-order valence-corrected chi connectivity index (χ2v) is 4.79. The van der Waals surface area contributed by atoms with E-state index in [4.69, 9.17) is 5.11 Å². The number of aliphatic carboxylic acids is 1. The zero-order valence-corrected chi connectivity index (χ0v) is 10.4. The molecule has 0 aromatic heterocycles. The summed E-state index contributed by atoms with van der Waals surface area (Å²) in [6, 6.07) is 6.19. The number of carboxylic acids is 1. The molecule has 1 amide bonds. The molecule has 5 heteroatoms. The van der Waals surface area contributed by atoms with E-state index in [1.807, 2.05) is 0 Å². The van der Waals surface area contributed by atoms with Crippen molar-refractivity contribution in [2.75, 3.05) is 0 Å². The van der Waals surface area contributed by atoms with E-state index in [1.165, 1.54) is 12.1 Å². The van der Waals surface area contributed by atoms with E-state index in [-0.39, 0.29) is 30.4 Å². The van der Waals surface area contributed by atoms with Crippen LogP contribution in [0.1, 0.15) is 37.2 Å². The fourth-order valence-corrected chi connectivity index (χ4v) is 1.98. The van der Waals surface area contributed by atoms with Crippen molar-refractivity contribution in [1.82, 2.24) is 5.32 Å². The number of carbonyl (C=O) groups is 2. The molecule has 1 fully saturated rings. The van der Waals surface area contributed by atoms with Crippen LogP contribution in [0.5, 0.6) is 0 Å². The summed E-state index contributed by atoms with van der Waals surface area (Å²) in [5, 5.41) is 11.5. The Morgan fingerprint density at radius 1 is 1.37 bits per heavy atom. The molecule has 1 unspecified atom stereocenters. The van der Waals surface area contributed by atoms with Crippen molar-refractivity contribution in [2.24, 2.45) is 0 Å². The minimum Gasteiger partial charge on any atom is -0.481 e. The standard InChI is InChI=1S/C14H16FNO3/c15-12-4-2-1-3-10(12)11(7-8-13(17)18)14(19)16-9-5-6-9/h1-4,9,11H,5-8H2,(H,16,19)(H,17,18). The summed E-state index contributed by atoms with van der Waals surface area (Å²) in [6.45, 7) is 0. The third kappa shape index (κ3) is 3.77. The molecule has 1 aliphatic rings. The molecule has 4 nitrogen and oxygen atoms in total. The van der Waals surface area contributed by atoms with Gasteiger partial charge in [0.15, 0.2) is 0 Å². The first-order valence-electron chi connectivity index (χ1n) is 6.34. The maximum atomic E-state index is 13.8. The lowest BCUT2D eigenvalue weighted by Gasteiger charge is -2.17. The Morgan fingerprint density at radius 3 is 2.63 bits per heavy atom. The van der Waals surface area contributed by atoms with E-state index >= 15 is 0 Å². The first-order chi connectivity index (χ1) is 9.08. The predicted octanol–water partition coefficient (Wildman–Crippen LogP) is 2.05. The molecule has 0 saturated heterocycles. The van der Waals surface area contributed by atoms with Gasteiger partial charge in [0.2, 0.25) is 5.91 Å². The lowest BCUT2D eigenvalue weighted by molar-refractivity contribution is -0.137. The average molecular weight is 265 g/mol. The largest absolute Gasteiger partial charge is 0.481 e. The van der Waals surface area contributed by atoms with Crippen LogP contribution in [0.15, 0.2) is 24.3 Å². The second-order valence-electron chi connectivity index (χ2n) is 4.79. The summed E-state index contributed by atoms with van der Waals surface area (Å²) in [5.74, 6) is -2.48. The molecule has 2 rings (SSSR count). The summed E-state index contributed by atoms with van der Waals surface area (Å²) in [5.41, 5.74) is 0.266. The zero-order chi connectivity index (χ0) is 13.8. The Balaban J connectivity index is 2.14. The van der Waals surface area contributed by atoms with E-state index in [9.17, 15) is 14.0 Å². The van der Waals surface area contributed by atoms with Gasteiger partial charge in [0.1, 0.15) is 5.82 Å². The minimum absolute atomic E-state index is 0.106. The molecule has 1 aromatic carbocycles. The Labute approximate surface area is 110 Å². The third-order valence-electron chi connectivity index (χ3n) is 3.17. The van der Waals surface area contributed by atoms with Gasteiger partial charge < -0.3 is 10.4 Å². The molecule has 0 heterocycles. The van der Waals surface area contributed by atoms with Gasteiger partial charge >= 0.3 is 5.97 Å². The first kappa shape index (κ1) is 13.5. The van der Waals surface area contributed by atoms with Gasteiger partial charge in [-0.3, -0.25) is 9.59 Å². The predicted molar refractivity (Wildman–Crippen MR) is 67.2 cm³/mol. The molecule has 2 N–H and O–H groups in total. The van der Waals surface area contributed by atoms with E-state index in [1.54, 1.807) is 12.1 Å². The topological polar surface area (TPSA) is 66.4 Å². The summed E-state index contributed by atoms with van der Waals surface area (Å²) in [6.07, 6.45) is 1.83. The molecule has 19 heavy (non-hydrogen) atoms. The monoisotopic (exact) mass is 265 g/mol. The molecule has 0 bridgehead atoms. The number of carboxylic acid groups (broad SMARTS) is 1. The lowest BCUT2D eigenvalue weighted by atomic mass is 9.92. The van der Waals surface area contributed by atoms with Gasteiger partial charge in [0, 0.05) is 18.0 Å². The van der Waals surface area contributed by atoms with Gasteiger partial charge in [-0.05, 0) is 25.3 Å². The van der Waals surface area contributed by atoms with Crippen molar-refractivity contribution in [3.05, 3.63) is 35.6 Å². The zero-order valence-electron chi connectivity index (χ0n) is 10.4. The van der Waals surface area contributed by atoms with Gasteiger partial charge in [-0.25, -0.2) is 4.39 Å². The average Bonchev–Trinajstić information content (AvgIpc) is 3.15. The smallest absolute Gasteiger partial charge is 0.303 e. The minimum atomic E-state index is -0.986. The van der Waals surface area contributed by atoms with Crippen molar-refractivity contribution < 1.29 is 19.1 Å². The van der Waals surface area contributed by atoms with Crippen LogP contribution in [0.3, 0.4) is 0 Å². The van der Waals surface area contributed by atoms with E-state index in [0.29, 0.717) is 0 Å². The molecule has 0 aliphatic heterocycles. The van der Waals surface area contributed by atoms with Gasteiger partial charge in [0.25, 0.3) is 0 Å². The number of carbonyl (C=O) groups excluding carboxylic acids is 1. The Kier molecular flexibility index (Phi) is 4.14. The normalized spacial score (nSPS) is 15.8. The summed E-state index contributed by atoms with van der Waals surface area (Å²) >= 11 is 0. The highest BCUT2D eigenvalue weighted by atomic mass is 19.1. The quantitative estimate of drug-likeness (QED) is 0.827. The van der Waals surface area contributed by atoms with Crippen molar-refractivity contribution >= 4 is 11.9 Å². The molecule has 0 spiro atoms. The highest BCUT2D eigenvalue weighted by Gasteiger charge is 2.29. The highest BCUT2D eigenvalue weighted by Crippen LogP contribution is 2.27. The van der Waals surface area contributed by atoms with Crippen LogP contribution in [0.4, 0.5) is 4.39 Å². The fraction of sp³-hybridized carbons (Fsp3) is 0.429. The highest BCUT2D eigenvalue weighted by molar-refractivity contribution is 5.84. The number of hydrogen-bond acceptors (Lipinski definition) is 2. The van der Waals surface area contributed by atoms with Crippen molar-refractivity contribution in [3.8, 4) is 0 Å². The van der Waals surface area contributed by atoms with E-state index < -0.39 is 17.7 Å². The van der Waals surface area contributed by atoms with Crippen LogP contribution < -0.4 is 5.32 Å². The maximum absolute atomic E-state index is 13.8. The molecular formula is C14H16FNO3. The van der Waals surface area contributed by atoms with Crippen LogP contribution in [0.25, 0.3) is 0 Å². The van der Waals surface area contributed by atoms with Crippen LogP contribution in [-0.4, -0.2) is 23.0 Å². The number of nitrogens with one attached hydrogen (secondary N) is 1. The van der Waals surface area contributed by atoms with Gasteiger partial charge in [0.05, 0.1) is 5.92 Å². The number of hydrogen-bond donors (Lipinski definition) is 2. The summed E-state index contributed by atoms with van der Waals surface area (Å²) in [7, 11) is 0. The molecule has 102 valence electrons. The van der Waals surface area contributed by atoms with Crippen LogP contribution in [0, 0.1) is 5.82 Å². The van der Waals surface area contributed by atoms with Crippen LogP contribution >= 0.6 is 0 Å². The third-order valence-corrected chi connectivity index (χ3v) is 3.17. The SMILES string of the molecule is O=C(O)CCC(C(=O)NC1CC1)c1ccccc1F. The Hall–Kier alpha value is -1.91. The summed E-state index contributed by atoms with van der Waals surface area (Å²) < 4.78 is 13.8. The first-order valence-corrected chi connectivity index (χ1v) is 6.34. The van der Waals surface area contributed by atoms with Crippen LogP contribution in [-0.2, 0) is 9.59 Å². The number of benzene rings is 1. The molecule has 1 aliphatic carbocycles. The number of amides is 1. The van der Waals surface area contributed by atoms with E-state index in [0.717, 1.165) is 12.8 Å². The fourth-order valence-electron chi connectivity index (χ4n) is 1.98. The molecular weight excluding hydrogens is 249 g/mol. The van der Waals surface area contributed by atoms with Gasteiger partial charge in [-0.2, -0.15) is 0 Å².